The molecule has 0 fully saturated rings. The lowest BCUT2D eigenvalue weighted by Gasteiger charge is -2.00. The molecule has 2 nitrogen and oxygen atoms in total. The number of halogens is 2. The van der Waals surface area contributed by atoms with Gasteiger partial charge in [-0.15, -0.1) is 23.4 Å². The molecule has 12 heavy (non-hydrogen) atoms. The molecule has 0 saturated carbocycles. The molecule has 0 bridgehead atoms. The Morgan fingerprint density at radius 2 is 2.33 bits per heavy atom. The zero-order chi connectivity index (χ0) is 8.97. The van der Waals surface area contributed by atoms with E-state index < -0.39 is 0 Å². The molecule has 0 saturated heterocycles. The first-order chi connectivity index (χ1) is 5.75. The molecule has 1 heterocycles. The van der Waals surface area contributed by atoms with Gasteiger partial charge in [-0.25, -0.2) is 14.4 Å². The third kappa shape index (κ3) is 2.32. The molecule has 0 unspecified atom stereocenters. The number of nitrogens with zero attached hydrogens (tertiary/aromatic N) is 2. The summed E-state index contributed by atoms with van der Waals surface area (Å²) in [6.07, 6.45) is 1.36. The van der Waals surface area contributed by atoms with Gasteiger partial charge in [-0.1, -0.05) is 0 Å². The number of thioether (sulfide) groups is 1. The Balaban J connectivity index is 2.78. The molecule has 0 aliphatic heterocycles. The molecule has 0 N–H and O–H groups in total. The maximum absolute atomic E-state index is 13.1. The number of aryl methyl sites for hydroxylation is 1. The van der Waals surface area contributed by atoms with Gasteiger partial charge in [0.25, 0.3) is 0 Å². The van der Waals surface area contributed by atoms with Gasteiger partial charge in [0.2, 0.25) is 0 Å². The van der Waals surface area contributed by atoms with Gasteiger partial charge in [-0.3, -0.25) is 0 Å². The average Bonchev–Trinajstić information content (AvgIpc) is 2.08. The first-order valence-electron chi connectivity index (χ1n) is 3.41. The Labute approximate surface area is 79.6 Å². The minimum absolute atomic E-state index is 0.340. The Morgan fingerprint density at radius 1 is 1.58 bits per heavy atom. The first kappa shape index (κ1) is 9.74. The molecule has 0 aliphatic rings. The first-order valence-corrected chi connectivity index (χ1v) is 4.93. The summed E-state index contributed by atoms with van der Waals surface area (Å²) in [5.74, 6) is 0.815. The second kappa shape index (κ2) is 4.62. The van der Waals surface area contributed by atoms with E-state index in [2.05, 4.69) is 9.97 Å². The van der Waals surface area contributed by atoms with Gasteiger partial charge in [-0.05, 0) is 6.92 Å². The number of aromatic nitrogens is 2. The molecule has 1 rings (SSSR count). The van der Waals surface area contributed by atoms with Crippen LogP contribution >= 0.6 is 23.4 Å². The SMILES string of the molecule is Cc1ncnc(SCCCl)c1F. The Bertz CT molecular complexity index is 270. The molecular weight excluding hydrogens is 199 g/mol. The highest BCUT2D eigenvalue weighted by Crippen LogP contribution is 2.19. The Hall–Kier alpha value is -0.350. The van der Waals surface area contributed by atoms with Gasteiger partial charge >= 0.3 is 0 Å². The fourth-order valence-corrected chi connectivity index (χ4v) is 1.57. The molecule has 0 radical (unpaired) electrons. The molecule has 0 aliphatic carbocycles. The van der Waals surface area contributed by atoms with E-state index >= 15 is 0 Å². The van der Waals surface area contributed by atoms with E-state index in [1.54, 1.807) is 6.92 Å². The van der Waals surface area contributed by atoms with Crippen molar-refractivity contribution in [3.8, 4) is 0 Å². The summed E-state index contributed by atoms with van der Waals surface area (Å²) in [5.41, 5.74) is 0.377. The van der Waals surface area contributed by atoms with E-state index in [9.17, 15) is 4.39 Å². The third-order valence-electron chi connectivity index (χ3n) is 1.25. The summed E-state index contributed by atoms with van der Waals surface area (Å²) in [6, 6.07) is 0. The predicted molar refractivity (Wildman–Crippen MR) is 48.2 cm³/mol. The summed E-state index contributed by atoms with van der Waals surface area (Å²) >= 11 is 6.76. The number of hydrogen-bond acceptors (Lipinski definition) is 3. The van der Waals surface area contributed by atoms with Crippen LogP contribution in [0.25, 0.3) is 0 Å². The zero-order valence-corrected chi connectivity index (χ0v) is 8.12. The van der Waals surface area contributed by atoms with E-state index in [-0.39, 0.29) is 5.82 Å². The largest absolute Gasteiger partial charge is 0.239 e. The van der Waals surface area contributed by atoms with E-state index in [0.717, 1.165) is 0 Å². The molecule has 5 heteroatoms. The highest BCUT2D eigenvalue weighted by atomic mass is 35.5. The fraction of sp³-hybridized carbons (Fsp3) is 0.429. The van der Waals surface area contributed by atoms with Crippen molar-refractivity contribution in [3.05, 3.63) is 17.8 Å². The second-order valence-corrected chi connectivity index (χ2v) is 3.58. The van der Waals surface area contributed by atoms with Gasteiger partial charge in [0.1, 0.15) is 11.4 Å². The van der Waals surface area contributed by atoms with E-state index in [1.165, 1.54) is 18.1 Å². The van der Waals surface area contributed by atoms with Crippen molar-refractivity contribution < 1.29 is 4.39 Å². The van der Waals surface area contributed by atoms with Crippen LogP contribution in [0.1, 0.15) is 5.69 Å². The van der Waals surface area contributed by atoms with Gasteiger partial charge in [-0.2, -0.15) is 0 Å². The monoisotopic (exact) mass is 206 g/mol. The smallest absolute Gasteiger partial charge is 0.176 e. The number of alkyl halides is 1. The quantitative estimate of drug-likeness (QED) is 0.431. The van der Waals surface area contributed by atoms with Crippen molar-refractivity contribution in [2.24, 2.45) is 0 Å². The van der Waals surface area contributed by atoms with Crippen LogP contribution in [0.2, 0.25) is 0 Å². The lowest BCUT2D eigenvalue weighted by molar-refractivity contribution is 0.567. The van der Waals surface area contributed by atoms with Crippen molar-refractivity contribution in [1.29, 1.82) is 0 Å². The summed E-state index contributed by atoms with van der Waals surface area (Å²) in [4.78, 5) is 7.51. The topological polar surface area (TPSA) is 25.8 Å². The Morgan fingerprint density at radius 3 is 3.00 bits per heavy atom. The fourth-order valence-electron chi connectivity index (χ4n) is 0.672. The molecule has 66 valence electrons. The average molecular weight is 207 g/mol. The second-order valence-electron chi connectivity index (χ2n) is 2.12. The zero-order valence-electron chi connectivity index (χ0n) is 6.55. The van der Waals surface area contributed by atoms with Crippen LogP contribution in [0.5, 0.6) is 0 Å². The highest BCUT2D eigenvalue weighted by molar-refractivity contribution is 7.99. The molecule has 1 aromatic heterocycles. The van der Waals surface area contributed by atoms with Crippen molar-refractivity contribution in [3.63, 3.8) is 0 Å². The molecule has 0 aromatic carbocycles. The van der Waals surface area contributed by atoms with Crippen molar-refractivity contribution in [2.75, 3.05) is 11.6 Å². The molecular formula is C7H8ClFN2S. The van der Waals surface area contributed by atoms with Crippen molar-refractivity contribution in [1.82, 2.24) is 9.97 Å². The normalized spacial score (nSPS) is 10.2. The van der Waals surface area contributed by atoms with E-state index in [1.807, 2.05) is 0 Å². The standard InChI is InChI=1S/C7H8ClFN2S/c1-5-6(9)7(11-4-10-5)12-3-2-8/h4H,2-3H2,1H3. The third-order valence-corrected chi connectivity index (χ3v) is 2.63. The lowest BCUT2D eigenvalue weighted by atomic mass is 10.4. The maximum Gasteiger partial charge on any atom is 0.176 e. The lowest BCUT2D eigenvalue weighted by Crippen LogP contribution is -1.94. The summed E-state index contributed by atoms with van der Waals surface area (Å²) < 4.78 is 13.1. The van der Waals surface area contributed by atoms with Crippen LogP contribution < -0.4 is 0 Å². The molecule has 0 spiro atoms. The number of hydrogen-bond donors (Lipinski definition) is 0. The minimum atomic E-state index is -0.340. The highest BCUT2D eigenvalue weighted by Gasteiger charge is 2.06. The van der Waals surface area contributed by atoms with Crippen molar-refractivity contribution >= 4 is 23.4 Å². The molecule has 0 atom stereocenters. The summed E-state index contributed by atoms with van der Waals surface area (Å²) in [6.45, 7) is 1.61. The predicted octanol–water partition coefficient (Wildman–Crippen LogP) is 2.26. The van der Waals surface area contributed by atoms with Gasteiger partial charge in [0, 0.05) is 11.6 Å². The van der Waals surface area contributed by atoms with Crippen LogP contribution in [0, 0.1) is 12.7 Å². The van der Waals surface area contributed by atoms with Crippen LogP contribution in [0.15, 0.2) is 11.4 Å². The van der Waals surface area contributed by atoms with Gasteiger partial charge < -0.3 is 0 Å². The number of rotatable bonds is 3. The van der Waals surface area contributed by atoms with Crippen LogP contribution in [0.4, 0.5) is 4.39 Å². The Kier molecular flexibility index (Phi) is 3.75. The van der Waals surface area contributed by atoms with Crippen LogP contribution in [-0.2, 0) is 0 Å². The molecule has 0 amide bonds. The minimum Gasteiger partial charge on any atom is -0.239 e. The van der Waals surface area contributed by atoms with E-state index in [4.69, 9.17) is 11.6 Å². The van der Waals surface area contributed by atoms with Crippen molar-refractivity contribution in [2.45, 2.75) is 11.9 Å². The van der Waals surface area contributed by atoms with Crippen LogP contribution in [0.3, 0.4) is 0 Å². The summed E-state index contributed by atoms with van der Waals surface area (Å²) in [7, 11) is 0. The van der Waals surface area contributed by atoms with Crippen LogP contribution in [-0.4, -0.2) is 21.6 Å². The van der Waals surface area contributed by atoms with E-state index in [0.29, 0.717) is 22.4 Å². The molecule has 1 aromatic rings. The van der Waals surface area contributed by atoms with Gasteiger partial charge in [0.05, 0.1) is 5.69 Å². The maximum atomic E-state index is 13.1. The summed E-state index contributed by atoms with van der Waals surface area (Å²) in [5, 5.41) is 0.378. The van der Waals surface area contributed by atoms with Gasteiger partial charge in [0.15, 0.2) is 5.82 Å².